The average Bonchev–Trinajstić information content (AvgIpc) is 2.68. The number of hydrogen-bond donors (Lipinski definition) is 1. The number of piperidine rings is 1. The van der Waals surface area contributed by atoms with Gasteiger partial charge in [0.25, 0.3) is 5.91 Å². The molecule has 0 saturated carbocycles. The van der Waals surface area contributed by atoms with Crippen LogP contribution in [0.25, 0.3) is 0 Å². The summed E-state index contributed by atoms with van der Waals surface area (Å²) in [5.74, 6) is 0.357. The van der Waals surface area contributed by atoms with Crippen LogP contribution in [0, 0.1) is 11.8 Å². The molecule has 0 radical (unpaired) electrons. The molecule has 0 unspecified atom stereocenters. The van der Waals surface area contributed by atoms with Crippen LogP contribution in [-0.4, -0.2) is 37.8 Å². The summed E-state index contributed by atoms with van der Waals surface area (Å²) in [5, 5.41) is 2.90. The Labute approximate surface area is 198 Å². The summed E-state index contributed by atoms with van der Waals surface area (Å²) in [6, 6.07) is 12.6. The van der Waals surface area contributed by atoms with Crippen molar-refractivity contribution in [2.24, 2.45) is 11.8 Å². The van der Waals surface area contributed by atoms with Gasteiger partial charge in [0.1, 0.15) is 0 Å². The van der Waals surface area contributed by atoms with Gasteiger partial charge in [0.15, 0.2) is 0 Å². The van der Waals surface area contributed by atoms with Gasteiger partial charge in [-0.2, -0.15) is 4.31 Å². The molecule has 1 saturated heterocycles. The first-order valence-electron chi connectivity index (χ1n) is 10.4. The Hall–Kier alpha value is -1.35. The highest BCUT2D eigenvalue weighted by Gasteiger charge is 2.32. The lowest BCUT2D eigenvalue weighted by Crippen LogP contribution is -2.42. The molecule has 2 atom stereocenters. The van der Waals surface area contributed by atoms with Crippen LogP contribution in [0.3, 0.4) is 0 Å². The molecule has 2 aromatic rings. The first kappa shape index (κ1) is 24.3. The van der Waals surface area contributed by atoms with Crippen molar-refractivity contribution in [1.29, 1.82) is 0 Å². The van der Waals surface area contributed by atoms with Gasteiger partial charge in [-0.1, -0.05) is 41.5 Å². The maximum atomic E-state index is 13.4. The average molecular weight is 526 g/mol. The van der Waals surface area contributed by atoms with E-state index in [1.165, 1.54) is 17.8 Å². The van der Waals surface area contributed by atoms with E-state index in [1.807, 2.05) is 38.1 Å². The highest BCUT2D eigenvalue weighted by Crippen LogP contribution is 2.34. The van der Waals surface area contributed by atoms with Crippen molar-refractivity contribution in [1.82, 2.24) is 9.62 Å². The number of amides is 1. The summed E-state index contributed by atoms with van der Waals surface area (Å²) in [6.45, 7) is 8.95. The zero-order chi connectivity index (χ0) is 22.8. The zero-order valence-electron chi connectivity index (χ0n) is 18.3. The lowest BCUT2D eigenvalue weighted by Gasteiger charge is -2.34. The van der Waals surface area contributed by atoms with E-state index in [0.29, 0.717) is 30.5 Å². The number of carbonyl (C=O) groups excluding carboxylic acids is 1. The van der Waals surface area contributed by atoms with Crippen LogP contribution in [0.15, 0.2) is 61.6 Å². The topological polar surface area (TPSA) is 66.5 Å². The Morgan fingerprint density at radius 1 is 1.10 bits per heavy atom. The van der Waals surface area contributed by atoms with E-state index < -0.39 is 10.0 Å². The number of carbonyl (C=O) groups is 1. The van der Waals surface area contributed by atoms with E-state index in [4.69, 9.17) is 0 Å². The number of benzene rings is 2. The van der Waals surface area contributed by atoms with Crippen LogP contribution in [0.5, 0.6) is 0 Å². The molecule has 0 spiro atoms. The quantitative estimate of drug-likeness (QED) is 0.548. The predicted molar refractivity (Wildman–Crippen MR) is 129 cm³/mol. The molecular formula is C23H29BrN2O3S2. The fourth-order valence-corrected chi connectivity index (χ4v) is 6.75. The SMILES string of the molecule is CC(C)NC(=O)c1cc(S(=O)(=O)N2C[C@@H](C)C[C@H](C)C2)ccc1Sc1ccc(Br)cc1. The van der Waals surface area contributed by atoms with Gasteiger partial charge in [0.2, 0.25) is 10.0 Å². The number of rotatable bonds is 6. The highest BCUT2D eigenvalue weighted by molar-refractivity contribution is 9.10. The lowest BCUT2D eigenvalue weighted by atomic mass is 9.94. The number of sulfonamides is 1. The molecule has 1 aliphatic heterocycles. The normalized spacial score (nSPS) is 20.1. The summed E-state index contributed by atoms with van der Waals surface area (Å²) < 4.78 is 29.3. The molecule has 0 aliphatic carbocycles. The molecule has 1 fully saturated rings. The minimum absolute atomic E-state index is 0.0536. The molecular weight excluding hydrogens is 496 g/mol. The molecule has 31 heavy (non-hydrogen) atoms. The largest absolute Gasteiger partial charge is 0.350 e. The maximum absolute atomic E-state index is 13.4. The minimum atomic E-state index is -3.67. The lowest BCUT2D eigenvalue weighted by molar-refractivity contribution is 0.0940. The van der Waals surface area contributed by atoms with Crippen molar-refractivity contribution in [3.63, 3.8) is 0 Å². The third-order valence-electron chi connectivity index (χ3n) is 5.13. The van der Waals surface area contributed by atoms with E-state index in [-0.39, 0.29) is 16.8 Å². The van der Waals surface area contributed by atoms with E-state index in [9.17, 15) is 13.2 Å². The zero-order valence-corrected chi connectivity index (χ0v) is 21.5. The van der Waals surface area contributed by atoms with Gasteiger partial charge in [0.05, 0.1) is 10.5 Å². The van der Waals surface area contributed by atoms with Gasteiger partial charge in [-0.15, -0.1) is 0 Å². The van der Waals surface area contributed by atoms with E-state index >= 15 is 0 Å². The van der Waals surface area contributed by atoms with Crippen LogP contribution < -0.4 is 5.32 Å². The van der Waals surface area contributed by atoms with Crippen molar-refractivity contribution in [2.45, 2.75) is 54.8 Å². The molecule has 168 valence electrons. The second kappa shape index (κ2) is 10.1. The fourth-order valence-electron chi connectivity index (χ4n) is 3.86. The molecule has 3 rings (SSSR count). The highest BCUT2D eigenvalue weighted by atomic mass is 79.9. The standard InChI is InChI=1S/C23H29BrN2O3S2/c1-15(2)25-23(27)21-12-20(31(28,29)26-13-16(3)11-17(4)14-26)9-10-22(21)30-19-7-5-18(24)6-8-19/h5-10,12,15-17H,11,13-14H2,1-4H3,(H,25,27)/t16-,17-/m0/s1. The molecule has 1 amide bonds. The maximum Gasteiger partial charge on any atom is 0.252 e. The molecule has 2 aromatic carbocycles. The van der Waals surface area contributed by atoms with E-state index in [2.05, 4.69) is 35.1 Å². The molecule has 5 nitrogen and oxygen atoms in total. The van der Waals surface area contributed by atoms with Crippen molar-refractivity contribution >= 4 is 43.6 Å². The van der Waals surface area contributed by atoms with Crippen molar-refractivity contribution < 1.29 is 13.2 Å². The smallest absolute Gasteiger partial charge is 0.252 e. The second-order valence-corrected chi connectivity index (χ2v) is 12.6. The Bertz CT molecular complexity index is 1030. The van der Waals surface area contributed by atoms with E-state index in [0.717, 1.165) is 20.7 Å². The van der Waals surface area contributed by atoms with E-state index in [1.54, 1.807) is 16.4 Å². The summed E-state index contributed by atoms with van der Waals surface area (Å²) in [5.41, 5.74) is 0.376. The first-order valence-corrected chi connectivity index (χ1v) is 13.5. The van der Waals surface area contributed by atoms with Gasteiger partial charge in [0, 0.05) is 33.4 Å². The van der Waals surface area contributed by atoms with Crippen LogP contribution in [0.2, 0.25) is 0 Å². The Morgan fingerprint density at radius 2 is 1.71 bits per heavy atom. The summed E-state index contributed by atoms with van der Waals surface area (Å²) in [4.78, 5) is 14.8. The summed E-state index contributed by atoms with van der Waals surface area (Å²) in [6.07, 6.45) is 1.02. The number of hydrogen-bond acceptors (Lipinski definition) is 4. The third-order valence-corrected chi connectivity index (χ3v) is 8.57. The van der Waals surface area contributed by atoms with Crippen molar-refractivity contribution in [2.75, 3.05) is 13.1 Å². The van der Waals surface area contributed by atoms with Crippen LogP contribution in [-0.2, 0) is 10.0 Å². The monoisotopic (exact) mass is 524 g/mol. The molecule has 1 aliphatic rings. The number of halogens is 1. The molecule has 1 N–H and O–H groups in total. The van der Waals surface area contributed by atoms with Gasteiger partial charge >= 0.3 is 0 Å². The second-order valence-electron chi connectivity index (χ2n) is 8.61. The molecule has 0 aromatic heterocycles. The van der Waals surface area contributed by atoms with Gasteiger partial charge in [-0.05, 0) is 74.6 Å². The number of nitrogens with one attached hydrogen (secondary N) is 1. The van der Waals surface area contributed by atoms with Gasteiger partial charge < -0.3 is 5.32 Å². The fraction of sp³-hybridized carbons (Fsp3) is 0.435. The van der Waals surface area contributed by atoms with Crippen LogP contribution in [0.4, 0.5) is 0 Å². The summed E-state index contributed by atoms with van der Waals surface area (Å²) >= 11 is 4.87. The third kappa shape index (κ3) is 6.12. The van der Waals surface area contributed by atoms with Crippen molar-refractivity contribution in [3.05, 3.63) is 52.5 Å². The predicted octanol–water partition coefficient (Wildman–Crippen LogP) is 5.41. The number of nitrogens with zero attached hydrogens (tertiary/aromatic N) is 1. The Morgan fingerprint density at radius 3 is 2.29 bits per heavy atom. The van der Waals surface area contributed by atoms with Crippen molar-refractivity contribution in [3.8, 4) is 0 Å². The Balaban J connectivity index is 1.98. The molecule has 8 heteroatoms. The van der Waals surface area contributed by atoms with Crippen LogP contribution in [0.1, 0.15) is 44.5 Å². The minimum Gasteiger partial charge on any atom is -0.350 e. The summed E-state index contributed by atoms with van der Waals surface area (Å²) in [7, 11) is -3.67. The Kier molecular flexibility index (Phi) is 7.89. The van der Waals surface area contributed by atoms with Gasteiger partial charge in [-0.25, -0.2) is 8.42 Å². The molecule has 0 bridgehead atoms. The molecule has 1 heterocycles. The van der Waals surface area contributed by atoms with Crippen LogP contribution >= 0.6 is 27.7 Å². The van der Waals surface area contributed by atoms with Gasteiger partial charge in [-0.3, -0.25) is 4.79 Å². The first-order chi connectivity index (χ1) is 14.6.